The highest BCUT2D eigenvalue weighted by atomic mass is 35.5. The Hall–Kier alpha value is -3.29. The number of carbonyl (C=O) groups excluding carboxylic acids is 2. The minimum Gasteiger partial charge on any atom is -0.497 e. The van der Waals surface area contributed by atoms with Crippen LogP contribution in [0.5, 0.6) is 5.75 Å². The topological polar surface area (TPSA) is 58.6 Å². The van der Waals surface area contributed by atoms with Gasteiger partial charge in [-0.2, -0.15) is 0 Å². The summed E-state index contributed by atoms with van der Waals surface area (Å²) in [6, 6.07) is 18.3. The summed E-state index contributed by atoms with van der Waals surface area (Å²) >= 11 is 7.07. The van der Waals surface area contributed by atoms with Crippen molar-refractivity contribution in [2.45, 2.75) is 11.8 Å². The molecule has 2 amide bonds. The fourth-order valence-electron chi connectivity index (χ4n) is 3.12. The van der Waals surface area contributed by atoms with Crippen LogP contribution in [0.3, 0.4) is 0 Å². The summed E-state index contributed by atoms with van der Waals surface area (Å²) in [5.41, 5.74) is 1.98. The van der Waals surface area contributed by atoms with Crippen LogP contribution in [0.1, 0.15) is 5.56 Å². The van der Waals surface area contributed by atoms with E-state index < -0.39 is 17.6 Å². The van der Waals surface area contributed by atoms with Crippen LogP contribution in [0, 0.1) is 12.7 Å². The summed E-state index contributed by atoms with van der Waals surface area (Å²) in [6.45, 7) is 1.97. The van der Waals surface area contributed by atoms with Crippen molar-refractivity contribution in [3.63, 3.8) is 0 Å². The largest absolute Gasteiger partial charge is 0.497 e. The third-order valence-corrected chi connectivity index (χ3v) is 6.18. The number of ether oxygens (including phenoxy) is 1. The molecule has 162 valence electrons. The fourth-order valence-corrected chi connectivity index (χ4v) is 4.23. The number of amides is 2. The van der Waals surface area contributed by atoms with E-state index >= 15 is 0 Å². The molecule has 8 heteroatoms. The second-order valence-corrected chi connectivity index (χ2v) is 8.51. The highest BCUT2D eigenvalue weighted by Gasteiger charge is 2.40. The standard InChI is InChI=1S/C24H18ClFN2O3S/c1-14-3-10-18(11-4-14)32-22-21(27-15-5-12-20(26)19(25)13-15)23(29)28(24(22)30)16-6-8-17(31-2)9-7-16/h3-13,27H,1-2H3. The number of carbonyl (C=O) groups is 2. The van der Waals surface area contributed by atoms with Crippen molar-refractivity contribution in [2.24, 2.45) is 0 Å². The van der Waals surface area contributed by atoms with Gasteiger partial charge in [-0.15, -0.1) is 0 Å². The summed E-state index contributed by atoms with van der Waals surface area (Å²) < 4.78 is 18.7. The zero-order valence-corrected chi connectivity index (χ0v) is 18.8. The van der Waals surface area contributed by atoms with E-state index in [1.54, 1.807) is 24.3 Å². The van der Waals surface area contributed by atoms with E-state index in [1.165, 1.54) is 37.1 Å². The van der Waals surface area contributed by atoms with Gasteiger partial charge in [0.15, 0.2) is 0 Å². The Bertz CT molecular complexity index is 1230. The van der Waals surface area contributed by atoms with Crippen LogP contribution >= 0.6 is 23.4 Å². The van der Waals surface area contributed by atoms with Crippen LogP contribution in [-0.4, -0.2) is 18.9 Å². The lowest BCUT2D eigenvalue weighted by Gasteiger charge is -2.15. The highest BCUT2D eigenvalue weighted by molar-refractivity contribution is 8.04. The zero-order valence-electron chi connectivity index (χ0n) is 17.2. The molecule has 4 rings (SSSR count). The van der Waals surface area contributed by atoms with Gasteiger partial charge < -0.3 is 10.1 Å². The molecule has 0 saturated heterocycles. The van der Waals surface area contributed by atoms with Gasteiger partial charge in [-0.3, -0.25) is 9.59 Å². The molecule has 1 N–H and O–H groups in total. The van der Waals surface area contributed by atoms with E-state index in [-0.39, 0.29) is 15.6 Å². The maximum atomic E-state index is 13.6. The second-order valence-electron chi connectivity index (χ2n) is 7.02. The number of benzene rings is 3. The lowest BCUT2D eigenvalue weighted by molar-refractivity contribution is -0.120. The number of anilines is 2. The van der Waals surface area contributed by atoms with Crippen molar-refractivity contribution in [2.75, 3.05) is 17.3 Å². The van der Waals surface area contributed by atoms with Gasteiger partial charge >= 0.3 is 0 Å². The Morgan fingerprint density at radius 3 is 2.28 bits per heavy atom. The summed E-state index contributed by atoms with van der Waals surface area (Å²) in [4.78, 5) is 28.8. The number of hydrogen-bond donors (Lipinski definition) is 1. The number of hydrogen-bond acceptors (Lipinski definition) is 5. The van der Waals surface area contributed by atoms with Crippen LogP contribution < -0.4 is 15.0 Å². The fraction of sp³-hybridized carbons (Fsp3) is 0.0833. The normalized spacial score (nSPS) is 13.7. The van der Waals surface area contributed by atoms with Gasteiger partial charge in [0.05, 0.1) is 17.8 Å². The van der Waals surface area contributed by atoms with E-state index in [2.05, 4.69) is 5.32 Å². The van der Waals surface area contributed by atoms with Crippen molar-refractivity contribution in [1.82, 2.24) is 0 Å². The van der Waals surface area contributed by atoms with Crippen molar-refractivity contribution in [3.05, 3.63) is 93.7 Å². The lowest BCUT2D eigenvalue weighted by atomic mass is 10.2. The van der Waals surface area contributed by atoms with E-state index in [0.717, 1.165) is 15.4 Å². The van der Waals surface area contributed by atoms with Gasteiger partial charge in [-0.1, -0.05) is 41.1 Å². The van der Waals surface area contributed by atoms with Gasteiger partial charge in [0.25, 0.3) is 11.8 Å². The minimum absolute atomic E-state index is 0.0906. The van der Waals surface area contributed by atoms with Crippen LogP contribution in [0.25, 0.3) is 0 Å². The Morgan fingerprint density at radius 1 is 0.969 bits per heavy atom. The number of halogens is 2. The molecule has 0 radical (unpaired) electrons. The van der Waals surface area contributed by atoms with Gasteiger partial charge in [-0.05, 0) is 61.5 Å². The molecule has 1 aliphatic heterocycles. The third kappa shape index (κ3) is 4.35. The summed E-state index contributed by atoms with van der Waals surface area (Å²) in [7, 11) is 1.54. The van der Waals surface area contributed by atoms with E-state index in [0.29, 0.717) is 17.1 Å². The molecule has 0 bridgehead atoms. The van der Waals surface area contributed by atoms with Gasteiger partial charge in [0, 0.05) is 10.6 Å². The molecule has 32 heavy (non-hydrogen) atoms. The summed E-state index contributed by atoms with van der Waals surface area (Å²) in [5, 5.41) is 2.87. The lowest BCUT2D eigenvalue weighted by Crippen LogP contribution is -2.32. The zero-order chi connectivity index (χ0) is 22.8. The average molecular weight is 469 g/mol. The van der Waals surface area contributed by atoms with Crippen LogP contribution in [0.2, 0.25) is 5.02 Å². The molecule has 0 aromatic heterocycles. The van der Waals surface area contributed by atoms with Crippen molar-refractivity contribution >= 4 is 46.6 Å². The molecular formula is C24H18ClFN2O3S. The molecule has 0 atom stereocenters. The minimum atomic E-state index is -0.575. The molecule has 0 spiro atoms. The molecule has 3 aromatic carbocycles. The summed E-state index contributed by atoms with van der Waals surface area (Å²) in [5.74, 6) is -0.944. The predicted molar refractivity (Wildman–Crippen MR) is 125 cm³/mol. The molecule has 1 heterocycles. The van der Waals surface area contributed by atoms with Gasteiger partial charge in [0.1, 0.15) is 22.2 Å². The maximum Gasteiger partial charge on any atom is 0.283 e. The molecule has 0 fully saturated rings. The number of thioether (sulfide) groups is 1. The van der Waals surface area contributed by atoms with Crippen molar-refractivity contribution in [3.8, 4) is 5.75 Å². The Morgan fingerprint density at radius 2 is 1.66 bits per heavy atom. The number of rotatable bonds is 6. The molecular weight excluding hydrogens is 451 g/mol. The first-order valence-corrected chi connectivity index (χ1v) is 10.8. The molecule has 0 unspecified atom stereocenters. The first-order valence-electron chi connectivity index (χ1n) is 9.61. The Labute approximate surface area is 193 Å². The van der Waals surface area contributed by atoms with Crippen LogP contribution in [-0.2, 0) is 9.59 Å². The Kier molecular flexibility index (Phi) is 6.21. The van der Waals surface area contributed by atoms with Gasteiger partial charge in [0.2, 0.25) is 0 Å². The van der Waals surface area contributed by atoms with Crippen molar-refractivity contribution in [1.29, 1.82) is 0 Å². The van der Waals surface area contributed by atoms with E-state index in [1.807, 2.05) is 31.2 Å². The van der Waals surface area contributed by atoms with Crippen LogP contribution in [0.4, 0.5) is 15.8 Å². The molecule has 5 nitrogen and oxygen atoms in total. The smallest absolute Gasteiger partial charge is 0.283 e. The molecule has 0 saturated carbocycles. The monoisotopic (exact) mass is 468 g/mol. The van der Waals surface area contributed by atoms with Crippen LogP contribution in [0.15, 0.2) is 82.2 Å². The molecule has 3 aromatic rings. The number of nitrogens with zero attached hydrogens (tertiary/aromatic N) is 1. The van der Waals surface area contributed by atoms with Crippen molar-refractivity contribution < 1.29 is 18.7 Å². The SMILES string of the molecule is COc1ccc(N2C(=O)C(Nc3ccc(F)c(Cl)c3)=C(Sc3ccc(C)cc3)C2=O)cc1. The molecule has 0 aliphatic carbocycles. The van der Waals surface area contributed by atoms with E-state index in [9.17, 15) is 14.0 Å². The third-order valence-electron chi connectivity index (χ3n) is 4.80. The first kappa shape index (κ1) is 21.9. The van der Waals surface area contributed by atoms with E-state index in [4.69, 9.17) is 16.3 Å². The van der Waals surface area contributed by atoms with Gasteiger partial charge in [-0.25, -0.2) is 9.29 Å². The number of aryl methyl sites for hydroxylation is 1. The number of nitrogens with one attached hydrogen (secondary N) is 1. The molecule has 1 aliphatic rings. The average Bonchev–Trinajstić information content (AvgIpc) is 3.01. The highest BCUT2D eigenvalue weighted by Crippen LogP contribution is 2.38. The number of imide groups is 1. The summed E-state index contributed by atoms with van der Waals surface area (Å²) in [6.07, 6.45) is 0. The Balaban J connectivity index is 1.73. The second kappa shape index (κ2) is 9.06. The quantitative estimate of drug-likeness (QED) is 0.464. The predicted octanol–water partition coefficient (Wildman–Crippen LogP) is 5.79. The first-order chi connectivity index (χ1) is 15.4. The number of methoxy groups -OCH3 is 1. The maximum absolute atomic E-state index is 13.6.